The van der Waals surface area contributed by atoms with Crippen molar-refractivity contribution in [1.29, 1.82) is 5.26 Å². The highest BCUT2D eigenvalue weighted by atomic mass is 16.5. The van der Waals surface area contributed by atoms with Crippen LogP contribution in [0, 0.1) is 18.3 Å². The number of nitriles is 1. The second-order valence-corrected chi connectivity index (χ2v) is 4.51. The molecule has 0 unspecified atom stereocenters. The quantitative estimate of drug-likeness (QED) is 0.525. The van der Waals surface area contributed by atoms with E-state index in [1.54, 1.807) is 6.08 Å². The van der Waals surface area contributed by atoms with Crippen molar-refractivity contribution in [2.75, 3.05) is 6.61 Å². The molecule has 0 bridgehead atoms. The molecule has 1 N–H and O–H groups in total. The van der Waals surface area contributed by atoms with Crippen LogP contribution in [0.2, 0.25) is 0 Å². The number of fused-ring (bicyclic) bond motifs is 1. The van der Waals surface area contributed by atoms with Crippen molar-refractivity contribution in [3.8, 4) is 6.07 Å². The number of aromatic amines is 1. The topological polar surface area (TPSA) is 65.9 Å². The van der Waals surface area contributed by atoms with Crippen molar-refractivity contribution in [2.45, 2.75) is 20.3 Å². The van der Waals surface area contributed by atoms with Crippen LogP contribution in [0.4, 0.5) is 0 Å². The van der Waals surface area contributed by atoms with Gasteiger partial charge in [0.2, 0.25) is 0 Å². The van der Waals surface area contributed by atoms with E-state index >= 15 is 0 Å². The second-order valence-electron chi connectivity index (χ2n) is 4.51. The summed E-state index contributed by atoms with van der Waals surface area (Å²) in [6.45, 7) is 4.15. The number of ether oxygens (including phenoxy) is 1. The third-order valence-electron chi connectivity index (χ3n) is 3.01. The monoisotopic (exact) mass is 268 g/mol. The van der Waals surface area contributed by atoms with E-state index in [0.29, 0.717) is 6.61 Å². The Kier molecular flexibility index (Phi) is 4.21. The zero-order valence-corrected chi connectivity index (χ0v) is 11.6. The number of hydrogen-bond acceptors (Lipinski definition) is 3. The Morgan fingerprint density at radius 3 is 2.90 bits per heavy atom. The van der Waals surface area contributed by atoms with Crippen LogP contribution in [0.3, 0.4) is 0 Å². The first-order valence-corrected chi connectivity index (χ1v) is 6.53. The van der Waals surface area contributed by atoms with Crippen LogP contribution in [0.25, 0.3) is 17.0 Å². The molecule has 4 heteroatoms. The predicted molar refractivity (Wildman–Crippen MR) is 77.9 cm³/mol. The fourth-order valence-corrected chi connectivity index (χ4v) is 2.04. The summed E-state index contributed by atoms with van der Waals surface area (Å²) in [7, 11) is 0. The highest BCUT2D eigenvalue weighted by molar-refractivity contribution is 6.01. The van der Waals surface area contributed by atoms with Gasteiger partial charge in [0, 0.05) is 22.2 Å². The van der Waals surface area contributed by atoms with Gasteiger partial charge in [0.05, 0.1) is 6.61 Å². The number of hydrogen-bond donors (Lipinski definition) is 1. The molecular weight excluding hydrogens is 252 g/mol. The number of H-pyrrole nitrogens is 1. The van der Waals surface area contributed by atoms with Gasteiger partial charge in [0.1, 0.15) is 11.6 Å². The summed E-state index contributed by atoms with van der Waals surface area (Å²) < 4.78 is 5.00. The summed E-state index contributed by atoms with van der Waals surface area (Å²) in [5, 5.41) is 10.1. The Hall–Kier alpha value is -2.54. The minimum atomic E-state index is -0.570. The molecule has 0 aliphatic rings. The molecular formula is C16H16N2O2. The largest absolute Gasteiger partial charge is 0.462 e. The van der Waals surface area contributed by atoms with Crippen LogP contribution in [-0.2, 0) is 9.53 Å². The number of carbonyl (C=O) groups is 1. The normalized spacial score (nSPS) is 11.3. The Morgan fingerprint density at radius 1 is 1.45 bits per heavy atom. The third kappa shape index (κ3) is 2.72. The summed E-state index contributed by atoms with van der Waals surface area (Å²) >= 11 is 0. The molecule has 0 fully saturated rings. The summed E-state index contributed by atoms with van der Waals surface area (Å²) in [5.41, 5.74) is 2.77. The maximum atomic E-state index is 11.8. The van der Waals surface area contributed by atoms with Crippen LogP contribution >= 0.6 is 0 Å². The maximum absolute atomic E-state index is 11.8. The van der Waals surface area contributed by atoms with E-state index in [9.17, 15) is 4.79 Å². The molecule has 0 spiro atoms. The van der Waals surface area contributed by atoms with E-state index in [1.165, 1.54) is 0 Å². The van der Waals surface area contributed by atoms with Gasteiger partial charge in [-0.15, -0.1) is 0 Å². The van der Waals surface area contributed by atoms with Crippen LogP contribution < -0.4 is 0 Å². The lowest BCUT2D eigenvalue weighted by molar-refractivity contribution is -0.138. The number of para-hydroxylation sites is 1. The molecule has 0 radical (unpaired) electrons. The van der Waals surface area contributed by atoms with Crippen molar-refractivity contribution in [2.24, 2.45) is 0 Å². The van der Waals surface area contributed by atoms with Gasteiger partial charge in [-0.2, -0.15) is 5.26 Å². The highest BCUT2D eigenvalue weighted by Crippen LogP contribution is 2.24. The molecule has 4 nitrogen and oxygen atoms in total. The van der Waals surface area contributed by atoms with Crippen molar-refractivity contribution in [3.05, 3.63) is 41.1 Å². The number of nitrogens with one attached hydrogen (secondary N) is 1. The van der Waals surface area contributed by atoms with E-state index < -0.39 is 5.97 Å². The molecule has 0 amide bonds. The summed E-state index contributed by atoms with van der Waals surface area (Å²) in [6, 6.07) is 9.69. The molecule has 0 aliphatic carbocycles. The molecule has 0 atom stereocenters. The number of rotatable bonds is 4. The van der Waals surface area contributed by atoms with E-state index in [-0.39, 0.29) is 5.57 Å². The molecule has 20 heavy (non-hydrogen) atoms. The summed E-state index contributed by atoms with van der Waals surface area (Å²) in [5.74, 6) is -0.570. The van der Waals surface area contributed by atoms with Crippen LogP contribution in [0.5, 0.6) is 0 Å². The Bertz CT molecular complexity index is 705. The molecule has 1 heterocycles. The van der Waals surface area contributed by atoms with Gasteiger partial charge in [-0.1, -0.05) is 25.1 Å². The third-order valence-corrected chi connectivity index (χ3v) is 3.01. The number of carbonyl (C=O) groups excluding carboxylic acids is 1. The summed E-state index contributed by atoms with van der Waals surface area (Å²) in [4.78, 5) is 15.0. The molecule has 0 aliphatic heterocycles. The predicted octanol–water partition coefficient (Wildman–Crippen LogP) is 3.34. The first-order chi connectivity index (χ1) is 9.67. The van der Waals surface area contributed by atoms with E-state index in [4.69, 9.17) is 10.00 Å². The number of nitrogens with zero attached hydrogens (tertiary/aromatic N) is 1. The smallest absolute Gasteiger partial charge is 0.348 e. The lowest BCUT2D eigenvalue weighted by atomic mass is 10.1. The SMILES string of the molecule is CCCOC(=O)/C(C#N)=C\c1c(C)[nH]c2ccccc12. The van der Waals surface area contributed by atoms with Crippen molar-refractivity contribution < 1.29 is 9.53 Å². The average Bonchev–Trinajstić information content (AvgIpc) is 2.77. The number of benzene rings is 1. The van der Waals surface area contributed by atoms with E-state index in [0.717, 1.165) is 28.6 Å². The number of aryl methyl sites for hydroxylation is 1. The van der Waals surface area contributed by atoms with E-state index in [1.807, 2.05) is 44.2 Å². The first-order valence-electron chi connectivity index (χ1n) is 6.53. The lowest BCUT2D eigenvalue weighted by Crippen LogP contribution is -2.07. The number of esters is 1. The van der Waals surface area contributed by atoms with Crippen LogP contribution in [0.15, 0.2) is 29.8 Å². The fraction of sp³-hybridized carbons (Fsp3) is 0.250. The Morgan fingerprint density at radius 2 is 2.20 bits per heavy atom. The molecule has 0 saturated heterocycles. The Balaban J connectivity index is 2.42. The Labute approximate surface area is 117 Å². The summed E-state index contributed by atoms with van der Waals surface area (Å²) in [6.07, 6.45) is 2.32. The van der Waals surface area contributed by atoms with Gasteiger partial charge >= 0.3 is 5.97 Å². The van der Waals surface area contributed by atoms with Gasteiger partial charge < -0.3 is 9.72 Å². The first kappa shape index (κ1) is 13.9. The van der Waals surface area contributed by atoms with Gasteiger partial charge in [-0.3, -0.25) is 0 Å². The molecule has 102 valence electrons. The zero-order valence-electron chi connectivity index (χ0n) is 11.6. The zero-order chi connectivity index (χ0) is 14.5. The standard InChI is InChI=1S/C16H16N2O2/c1-3-8-20-16(19)12(10-17)9-14-11(2)18-15-7-5-4-6-13(14)15/h4-7,9,18H,3,8H2,1-2H3/b12-9-. The lowest BCUT2D eigenvalue weighted by Gasteiger charge is -2.01. The van der Waals surface area contributed by atoms with Crippen molar-refractivity contribution in [1.82, 2.24) is 4.98 Å². The molecule has 2 aromatic rings. The molecule has 0 saturated carbocycles. The van der Waals surface area contributed by atoms with Crippen molar-refractivity contribution in [3.63, 3.8) is 0 Å². The van der Waals surface area contributed by atoms with Gasteiger partial charge in [0.15, 0.2) is 0 Å². The second kappa shape index (κ2) is 6.07. The average molecular weight is 268 g/mol. The molecule has 1 aromatic heterocycles. The van der Waals surface area contributed by atoms with Gasteiger partial charge in [0.25, 0.3) is 0 Å². The van der Waals surface area contributed by atoms with Gasteiger partial charge in [-0.05, 0) is 25.5 Å². The van der Waals surface area contributed by atoms with Crippen LogP contribution in [-0.4, -0.2) is 17.6 Å². The van der Waals surface area contributed by atoms with E-state index in [2.05, 4.69) is 4.98 Å². The maximum Gasteiger partial charge on any atom is 0.348 e. The van der Waals surface area contributed by atoms with Crippen LogP contribution in [0.1, 0.15) is 24.6 Å². The molecule has 2 rings (SSSR count). The highest BCUT2D eigenvalue weighted by Gasteiger charge is 2.13. The minimum absolute atomic E-state index is 0.0197. The molecule has 1 aromatic carbocycles. The van der Waals surface area contributed by atoms with Gasteiger partial charge in [-0.25, -0.2) is 4.79 Å². The number of aromatic nitrogens is 1. The fourth-order valence-electron chi connectivity index (χ4n) is 2.04. The van der Waals surface area contributed by atoms with Crippen molar-refractivity contribution >= 4 is 22.9 Å². The minimum Gasteiger partial charge on any atom is -0.462 e.